The summed E-state index contributed by atoms with van der Waals surface area (Å²) < 4.78 is 6.81. The summed E-state index contributed by atoms with van der Waals surface area (Å²) in [4.78, 5) is 18.0. The second kappa shape index (κ2) is 8.19. The molecule has 7 rings (SSSR count). The van der Waals surface area contributed by atoms with Gasteiger partial charge in [-0.25, -0.2) is 0 Å². The van der Waals surface area contributed by atoms with Crippen molar-refractivity contribution < 1.29 is 14.6 Å². The van der Waals surface area contributed by atoms with E-state index in [1.807, 2.05) is 30.2 Å². The Morgan fingerprint density at radius 2 is 2.08 bits per heavy atom. The fourth-order valence-corrected chi connectivity index (χ4v) is 8.14. The third kappa shape index (κ3) is 3.32. The number of carbonyl (C=O) groups excluding carboxylic acids is 1. The molecule has 36 heavy (non-hydrogen) atoms. The second-order valence-electron chi connectivity index (χ2n) is 11.9. The summed E-state index contributed by atoms with van der Waals surface area (Å²) in [5, 5.41) is 10.0. The molecule has 2 bridgehead atoms. The molecule has 2 aliphatic heterocycles. The minimum atomic E-state index is -0.103. The Kier molecular flexibility index (Phi) is 5.13. The van der Waals surface area contributed by atoms with Gasteiger partial charge in [-0.3, -0.25) is 9.69 Å². The molecule has 1 saturated heterocycles. The number of piperidine rings is 1. The van der Waals surface area contributed by atoms with Gasteiger partial charge in [-0.15, -0.1) is 0 Å². The zero-order valence-corrected chi connectivity index (χ0v) is 21.3. The third-order valence-corrected chi connectivity index (χ3v) is 9.96. The predicted molar refractivity (Wildman–Crippen MR) is 140 cm³/mol. The first-order valence-electron chi connectivity index (χ1n) is 13.7. The highest BCUT2D eigenvalue weighted by molar-refractivity contribution is 5.92. The number of ether oxygens (including phenoxy) is 1. The van der Waals surface area contributed by atoms with Crippen LogP contribution in [0, 0.1) is 18.8 Å². The first-order chi connectivity index (χ1) is 17.5. The number of hydrogen-bond donors (Lipinski definition) is 1. The molecule has 2 aromatic carbocycles. The molecule has 2 unspecified atom stereocenters. The molecule has 5 heteroatoms. The fourth-order valence-electron chi connectivity index (χ4n) is 8.14. The monoisotopic (exact) mass is 484 g/mol. The third-order valence-electron chi connectivity index (χ3n) is 9.96. The lowest BCUT2D eigenvalue weighted by atomic mass is 9.51. The van der Waals surface area contributed by atoms with Crippen LogP contribution in [0.5, 0.6) is 5.75 Å². The zero-order chi connectivity index (χ0) is 24.6. The van der Waals surface area contributed by atoms with Gasteiger partial charge >= 0.3 is 0 Å². The highest BCUT2D eigenvalue weighted by Crippen LogP contribution is 2.62. The molecule has 1 spiro atoms. The molecule has 188 valence electrons. The highest BCUT2D eigenvalue weighted by atomic mass is 16.5. The summed E-state index contributed by atoms with van der Waals surface area (Å²) >= 11 is 0. The number of amides is 1. The number of rotatable bonds is 5. The lowest BCUT2D eigenvalue weighted by Crippen LogP contribution is -2.69. The molecule has 7 atom stereocenters. The summed E-state index contributed by atoms with van der Waals surface area (Å²) in [6.45, 7) is 4.14. The predicted octanol–water partition coefficient (Wildman–Crippen LogP) is 3.96. The van der Waals surface area contributed by atoms with Crippen molar-refractivity contribution in [3.63, 3.8) is 0 Å². The number of nitrogens with zero attached hydrogens (tertiary/aromatic N) is 2. The summed E-state index contributed by atoms with van der Waals surface area (Å²) in [5.74, 6) is 2.09. The smallest absolute Gasteiger partial charge is 0.246 e. The normalized spacial score (nSPS) is 35.9. The van der Waals surface area contributed by atoms with E-state index in [0.29, 0.717) is 17.9 Å². The molecule has 2 saturated carbocycles. The van der Waals surface area contributed by atoms with Crippen molar-refractivity contribution >= 4 is 12.0 Å². The van der Waals surface area contributed by atoms with Crippen molar-refractivity contribution in [1.29, 1.82) is 0 Å². The quantitative estimate of drug-likeness (QED) is 0.653. The minimum absolute atomic E-state index is 0.00480. The zero-order valence-electron chi connectivity index (χ0n) is 21.3. The van der Waals surface area contributed by atoms with E-state index in [4.69, 9.17) is 4.74 Å². The maximum atomic E-state index is 13.4. The SMILES string of the molecule is Cc1cccc(C=CC(=O)N(C)[C@H]2CC[C@H]3[C@H]4Cc5cccc6c5[C@@]3(CCN4CC3CC3O)[C@H]2O6)c1. The molecular formula is C31H36N2O3. The lowest BCUT2D eigenvalue weighted by molar-refractivity contribution is -0.135. The number of likely N-dealkylation sites (tertiary alicyclic amines) is 1. The summed E-state index contributed by atoms with van der Waals surface area (Å²) in [7, 11) is 1.96. The average Bonchev–Trinajstić information content (AvgIpc) is 3.46. The van der Waals surface area contributed by atoms with Crippen molar-refractivity contribution in [3.05, 3.63) is 70.8 Å². The topological polar surface area (TPSA) is 53.0 Å². The summed E-state index contributed by atoms with van der Waals surface area (Å²) in [5.41, 5.74) is 5.12. The van der Waals surface area contributed by atoms with Crippen LogP contribution in [0.3, 0.4) is 0 Å². The molecule has 0 radical (unpaired) electrons. The van der Waals surface area contributed by atoms with E-state index in [1.165, 1.54) is 16.7 Å². The molecule has 2 aromatic rings. The van der Waals surface area contributed by atoms with Crippen LogP contribution in [-0.4, -0.2) is 65.2 Å². The van der Waals surface area contributed by atoms with Gasteiger partial charge in [0.15, 0.2) is 0 Å². The molecule has 2 heterocycles. The van der Waals surface area contributed by atoms with Crippen molar-refractivity contribution in [3.8, 4) is 5.75 Å². The van der Waals surface area contributed by atoms with Crippen LogP contribution in [0.15, 0.2) is 48.5 Å². The van der Waals surface area contributed by atoms with E-state index < -0.39 is 0 Å². The average molecular weight is 485 g/mol. The van der Waals surface area contributed by atoms with Crippen LogP contribution in [0.1, 0.15) is 47.9 Å². The van der Waals surface area contributed by atoms with Gasteiger partial charge in [0.2, 0.25) is 5.91 Å². The molecule has 3 aliphatic carbocycles. The Hall–Kier alpha value is -2.63. The van der Waals surface area contributed by atoms with Gasteiger partial charge in [-0.05, 0) is 74.8 Å². The van der Waals surface area contributed by atoms with Crippen molar-refractivity contribution in [1.82, 2.24) is 9.80 Å². The number of aliphatic hydroxyl groups excluding tert-OH is 1. The minimum Gasteiger partial charge on any atom is -0.487 e. The first-order valence-corrected chi connectivity index (χ1v) is 13.7. The Morgan fingerprint density at radius 3 is 2.89 bits per heavy atom. The van der Waals surface area contributed by atoms with Crippen molar-refractivity contribution in [2.24, 2.45) is 11.8 Å². The second-order valence-corrected chi connectivity index (χ2v) is 11.9. The van der Waals surface area contributed by atoms with E-state index in [9.17, 15) is 9.90 Å². The first kappa shape index (κ1) is 22.6. The maximum absolute atomic E-state index is 13.4. The van der Waals surface area contributed by atoms with Gasteiger partial charge in [0.05, 0.1) is 12.1 Å². The Balaban J connectivity index is 1.19. The molecule has 1 amide bonds. The number of aliphatic hydroxyl groups is 1. The van der Waals surface area contributed by atoms with Crippen LogP contribution in [0.2, 0.25) is 0 Å². The summed E-state index contributed by atoms with van der Waals surface area (Å²) in [6.07, 6.45) is 8.74. The van der Waals surface area contributed by atoms with Gasteiger partial charge in [-0.1, -0.05) is 42.0 Å². The number of hydrogen-bond acceptors (Lipinski definition) is 4. The van der Waals surface area contributed by atoms with E-state index in [2.05, 4.69) is 42.2 Å². The van der Waals surface area contributed by atoms with E-state index in [1.54, 1.807) is 6.08 Å². The van der Waals surface area contributed by atoms with Gasteiger partial charge < -0.3 is 14.7 Å². The molecule has 0 aromatic heterocycles. The Labute approximate surface area is 213 Å². The van der Waals surface area contributed by atoms with Crippen LogP contribution in [-0.2, 0) is 16.6 Å². The van der Waals surface area contributed by atoms with Crippen LogP contribution >= 0.6 is 0 Å². The number of likely N-dealkylation sites (N-methyl/N-ethyl adjacent to an activating group) is 1. The van der Waals surface area contributed by atoms with Crippen molar-refractivity contribution in [2.45, 2.75) is 68.7 Å². The van der Waals surface area contributed by atoms with Crippen LogP contribution < -0.4 is 4.74 Å². The highest BCUT2D eigenvalue weighted by Gasteiger charge is 2.66. The van der Waals surface area contributed by atoms with Crippen LogP contribution in [0.25, 0.3) is 6.08 Å². The number of aryl methyl sites for hydroxylation is 1. The van der Waals surface area contributed by atoms with Gasteiger partial charge in [-0.2, -0.15) is 0 Å². The van der Waals surface area contributed by atoms with E-state index in [0.717, 1.165) is 56.5 Å². The largest absolute Gasteiger partial charge is 0.487 e. The molecule has 1 N–H and O–H groups in total. The summed E-state index contributed by atoms with van der Waals surface area (Å²) in [6, 6.07) is 15.4. The van der Waals surface area contributed by atoms with Gasteiger partial charge in [0, 0.05) is 42.6 Å². The maximum Gasteiger partial charge on any atom is 0.246 e. The Bertz CT molecular complexity index is 1240. The standard InChI is InChI=1S/C31H36N2O3/c1-19-5-3-6-20(15-19)9-12-28(35)32(2)24-11-10-23-25-16-21-7-4-8-27-29(21)31(23,30(24)36-27)13-14-33(25)18-22-17-26(22)34/h3-9,12,15,22-26,30,34H,10-11,13-14,16-18H2,1-2H3/t22?,23-,24-,25+,26?,30-,31-/m0/s1. The van der Waals surface area contributed by atoms with Gasteiger partial charge in [0.25, 0.3) is 0 Å². The van der Waals surface area contributed by atoms with E-state index in [-0.39, 0.29) is 29.6 Å². The lowest BCUT2D eigenvalue weighted by Gasteiger charge is -2.60. The molecule has 3 fully saturated rings. The van der Waals surface area contributed by atoms with E-state index >= 15 is 0 Å². The molecule has 5 nitrogen and oxygen atoms in total. The van der Waals surface area contributed by atoms with Gasteiger partial charge in [0.1, 0.15) is 11.9 Å². The molecule has 5 aliphatic rings. The number of carbonyl (C=O) groups is 1. The fraction of sp³-hybridized carbons (Fsp3) is 0.516. The van der Waals surface area contributed by atoms with Crippen LogP contribution in [0.4, 0.5) is 0 Å². The molecular weight excluding hydrogens is 448 g/mol. The van der Waals surface area contributed by atoms with Crippen molar-refractivity contribution in [2.75, 3.05) is 20.1 Å². The number of benzene rings is 2. The Morgan fingerprint density at radius 1 is 1.25 bits per heavy atom.